The topological polar surface area (TPSA) is 143 Å². The van der Waals surface area contributed by atoms with Gasteiger partial charge >= 0.3 is 0 Å². The molecule has 0 aliphatic carbocycles. The van der Waals surface area contributed by atoms with Gasteiger partial charge in [0.15, 0.2) is 5.60 Å². The first kappa shape index (κ1) is 39.9. The number of carbonyl (C=O) groups excluding carboxylic acids is 3. The van der Waals surface area contributed by atoms with Crippen molar-refractivity contribution in [1.82, 2.24) is 10.2 Å². The van der Waals surface area contributed by atoms with E-state index in [9.17, 15) is 29.7 Å². The van der Waals surface area contributed by atoms with Crippen LogP contribution >= 0.6 is 0 Å². The Labute approximate surface area is 334 Å². The summed E-state index contributed by atoms with van der Waals surface area (Å²) in [4.78, 5) is 46.7. The molecule has 0 radical (unpaired) electrons. The van der Waals surface area contributed by atoms with Crippen molar-refractivity contribution in [2.75, 3.05) is 36.2 Å². The van der Waals surface area contributed by atoms with Gasteiger partial charge in [-0.3, -0.25) is 19.3 Å². The van der Waals surface area contributed by atoms with E-state index in [1.165, 1.54) is 0 Å². The predicted molar refractivity (Wildman–Crippen MR) is 219 cm³/mol. The van der Waals surface area contributed by atoms with Crippen LogP contribution in [0.5, 0.6) is 5.75 Å². The first-order valence-electron chi connectivity index (χ1n) is 20.0. The number of anilines is 3. The fraction of sp³-hybridized carbons (Fsp3) is 0.370. The molecule has 4 N–H and O–H groups in total. The van der Waals surface area contributed by atoms with Crippen molar-refractivity contribution in [3.8, 4) is 5.75 Å². The van der Waals surface area contributed by atoms with Crippen LogP contribution < -0.4 is 19.9 Å². The standard InChI is InChI=1S/C46H52N4O7/c1-3-57-38-21-22-41-35(26-38)27-40(47-23-8-9-24-51)44(54)50(41)36-19-17-32(18-20-36)28-49-42-15-7-6-14-39(42)46(56,45(49)55)31(2)11-10-16-43(53)48-29-34-13-5-4-12-33(34)25-37(48)30-52/h4-7,10-15,17-22,26,31,37,40,47,51-52,56H,3,8-9,16,23-25,27-30H2,1-2H3/b11-10+/t31-,37-,40?,46+/m0/s1. The van der Waals surface area contributed by atoms with Crippen LogP contribution in [0.2, 0.25) is 0 Å². The first-order valence-corrected chi connectivity index (χ1v) is 20.0. The lowest BCUT2D eigenvalue weighted by Gasteiger charge is -2.36. The number of aliphatic hydroxyl groups excluding tert-OH is 2. The highest BCUT2D eigenvalue weighted by Crippen LogP contribution is 2.46. The summed E-state index contributed by atoms with van der Waals surface area (Å²) in [6, 6.07) is 27.8. The molecule has 0 bridgehead atoms. The summed E-state index contributed by atoms with van der Waals surface area (Å²) in [5, 5.41) is 34.9. The fourth-order valence-corrected chi connectivity index (χ4v) is 8.38. The number of para-hydroxylation sites is 1. The quantitative estimate of drug-likeness (QED) is 0.0943. The second-order valence-electron chi connectivity index (χ2n) is 15.1. The van der Waals surface area contributed by atoms with E-state index in [0.717, 1.165) is 40.1 Å². The molecule has 3 aliphatic rings. The lowest BCUT2D eigenvalue weighted by atomic mass is 9.83. The van der Waals surface area contributed by atoms with Crippen molar-refractivity contribution < 1.29 is 34.4 Å². The van der Waals surface area contributed by atoms with Crippen LogP contribution in [0.15, 0.2) is 103 Å². The van der Waals surface area contributed by atoms with Crippen LogP contribution in [0.25, 0.3) is 0 Å². The summed E-state index contributed by atoms with van der Waals surface area (Å²) >= 11 is 0. The maximum atomic E-state index is 14.3. The van der Waals surface area contributed by atoms with Crippen LogP contribution in [0.4, 0.5) is 17.1 Å². The van der Waals surface area contributed by atoms with Gasteiger partial charge in [-0.25, -0.2) is 0 Å². The zero-order valence-corrected chi connectivity index (χ0v) is 32.6. The van der Waals surface area contributed by atoms with Gasteiger partial charge in [-0.15, -0.1) is 0 Å². The smallest absolute Gasteiger partial charge is 0.264 e. The van der Waals surface area contributed by atoms with Crippen molar-refractivity contribution >= 4 is 34.8 Å². The van der Waals surface area contributed by atoms with E-state index in [2.05, 4.69) is 5.32 Å². The molecule has 4 aromatic rings. The van der Waals surface area contributed by atoms with Crippen LogP contribution in [0.1, 0.15) is 60.9 Å². The van der Waals surface area contributed by atoms with Gasteiger partial charge in [0, 0.05) is 36.7 Å². The minimum Gasteiger partial charge on any atom is -0.494 e. The summed E-state index contributed by atoms with van der Waals surface area (Å²) in [6.45, 7) is 5.45. The Bertz CT molecular complexity index is 2120. The number of unbranched alkanes of at least 4 members (excludes halogenated alkanes) is 1. The summed E-state index contributed by atoms with van der Waals surface area (Å²) < 4.78 is 5.77. The molecule has 0 aromatic heterocycles. The summed E-state index contributed by atoms with van der Waals surface area (Å²) in [5.41, 5.74) is 4.75. The van der Waals surface area contributed by atoms with Crippen LogP contribution in [0, 0.1) is 5.92 Å². The normalized spacial score (nSPS) is 20.8. The number of hydrogen-bond acceptors (Lipinski definition) is 8. The zero-order chi connectivity index (χ0) is 40.1. The molecule has 0 fully saturated rings. The molecule has 1 unspecified atom stereocenters. The van der Waals surface area contributed by atoms with Gasteiger partial charge in [-0.2, -0.15) is 0 Å². The van der Waals surface area contributed by atoms with E-state index >= 15 is 0 Å². The van der Waals surface area contributed by atoms with E-state index in [0.29, 0.717) is 55.9 Å². The average Bonchev–Trinajstić information content (AvgIpc) is 3.45. The Morgan fingerprint density at radius 3 is 2.44 bits per heavy atom. The second kappa shape index (κ2) is 17.4. The largest absolute Gasteiger partial charge is 0.494 e. The van der Waals surface area contributed by atoms with E-state index in [-0.39, 0.29) is 44.0 Å². The molecule has 7 rings (SSSR count). The van der Waals surface area contributed by atoms with E-state index in [1.54, 1.807) is 45.9 Å². The molecule has 11 heteroatoms. The number of nitrogens with one attached hydrogen (secondary N) is 1. The Morgan fingerprint density at radius 1 is 0.930 bits per heavy atom. The molecular weight excluding hydrogens is 721 g/mol. The van der Waals surface area contributed by atoms with E-state index in [4.69, 9.17) is 4.74 Å². The lowest BCUT2D eigenvalue weighted by Crippen LogP contribution is -2.49. The summed E-state index contributed by atoms with van der Waals surface area (Å²) in [6.07, 6.45) is 6.03. The lowest BCUT2D eigenvalue weighted by molar-refractivity contribution is -0.139. The van der Waals surface area contributed by atoms with Crippen molar-refractivity contribution in [1.29, 1.82) is 0 Å². The molecule has 4 atom stereocenters. The molecule has 4 aromatic carbocycles. The predicted octanol–water partition coefficient (Wildman–Crippen LogP) is 5.30. The van der Waals surface area contributed by atoms with E-state index < -0.39 is 23.5 Å². The summed E-state index contributed by atoms with van der Waals surface area (Å²) in [7, 11) is 0. The van der Waals surface area contributed by atoms with Gasteiger partial charge in [0.25, 0.3) is 5.91 Å². The maximum absolute atomic E-state index is 14.3. The molecule has 0 spiro atoms. The number of amides is 3. The van der Waals surface area contributed by atoms with Gasteiger partial charge in [-0.1, -0.05) is 73.7 Å². The Morgan fingerprint density at radius 2 is 1.68 bits per heavy atom. The Hall–Kier alpha value is -5.33. The van der Waals surface area contributed by atoms with Crippen LogP contribution in [-0.4, -0.2) is 76.4 Å². The minimum atomic E-state index is -1.85. The third-order valence-electron chi connectivity index (χ3n) is 11.5. The minimum absolute atomic E-state index is 0.0726. The van der Waals surface area contributed by atoms with Gasteiger partial charge in [0.1, 0.15) is 5.75 Å². The van der Waals surface area contributed by atoms with Gasteiger partial charge in [-0.05, 0) is 97.8 Å². The number of hydrogen-bond donors (Lipinski definition) is 4. The number of ether oxygens (including phenoxy) is 1. The van der Waals surface area contributed by atoms with Crippen molar-refractivity contribution in [3.63, 3.8) is 0 Å². The molecule has 11 nitrogen and oxygen atoms in total. The fourth-order valence-electron chi connectivity index (χ4n) is 8.38. The van der Waals surface area contributed by atoms with Crippen LogP contribution in [0.3, 0.4) is 0 Å². The number of nitrogens with zero attached hydrogens (tertiary/aromatic N) is 3. The molecule has 3 heterocycles. The molecule has 3 amide bonds. The number of fused-ring (bicyclic) bond motifs is 3. The van der Waals surface area contributed by atoms with E-state index in [1.807, 2.05) is 85.8 Å². The first-order chi connectivity index (χ1) is 27.7. The Kier molecular flexibility index (Phi) is 12.2. The van der Waals surface area contributed by atoms with Crippen molar-refractivity contribution in [3.05, 3.63) is 131 Å². The highest BCUT2D eigenvalue weighted by Gasteiger charge is 2.52. The highest BCUT2D eigenvalue weighted by molar-refractivity contribution is 6.08. The zero-order valence-electron chi connectivity index (χ0n) is 32.6. The van der Waals surface area contributed by atoms with Gasteiger partial charge < -0.3 is 35.2 Å². The third kappa shape index (κ3) is 7.98. The van der Waals surface area contributed by atoms with Gasteiger partial charge in [0.2, 0.25) is 11.8 Å². The average molecular weight is 773 g/mol. The molecular formula is C46H52N4O7. The third-order valence-corrected chi connectivity index (χ3v) is 11.5. The van der Waals surface area contributed by atoms with Gasteiger partial charge in [0.05, 0.1) is 43.2 Å². The molecule has 3 aliphatic heterocycles. The van der Waals surface area contributed by atoms with Crippen molar-refractivity contribution in [2.24, 2.45) is 5.92 Å². The Balaban J connectivity index is 1.07. The maximum Gasteiger partial charge on any atom is 0.264 e. The van der Waals surface area contributed by atoms with Crippen molar-refractivity contribution in [2.45, 2.75) is 76.7 Å². The monoisotopic (exact) mass is 772 g/mol. The highest BCUT2D eigenvalue weighted by atomic mass is 16.5. The SMILES string of the molecule is CCOc1ccc2c(c1)CC(NCCCCO)C(=O)N2c1ccc(CN2C(=O)[C@@](O)([C@@H](C)/C=C/CC(=O)N3Cc4ccccc4C[C@H]3CO)c3ccccc32)cc1. The molecule has 57 heavy (non-hydrogen) atoms. The number of benzene rings is 4. The second-order valence-corrected chi connectivity index (χ2v) is 15.1. The number of carbonyl (C=O) groups is 3. The number of aliphatic hydroxyl groups is 3. The molecule has 298 valence electrons. The molecule has 0 saturated heterocycles. The molecule has 0 saturated carbocycles. The number of rotatable bonds is 15. The van der Waals surface area contributed by atoms with Crippen LogP contribution in [-0.2, 0) is 45.9 Å². The summed E-state index contributed by atoms with van der Waals surface area (Å²) in [5.74, 6) is -0.563.